The van der Waals surface area contributed by atoms with E-state index in [9.17, 15) is 0 Å². The molecular formula is C9H20N2. The third-order valence-corrected chi connectivity index (χ3v) is 2.83. The van der Waals surface area contributed by atoms with Crippen LogP contribution < -0.4 is 11.5 Å². The molecule has 2 heteroatoms. The fourth-order valence-corrected chi connectivity index (χ4v) is 2.28. The monoisotopic (exact) mass is 156 g/mol. The first-order chi connectivity index (χ1) is 5.13. The third-order valence-electron chi connectivity index (χ3n) is 2.83. The van der Waals surface area contributed by atoms with Crippen LogP contribution in [0.4, 0.5) is 0 Å². The predicted molar refractivity (Wildman–Crippen MR) is 48.1 cm³/mol. The van der Waals surface area contributed by atoms with E-state index in [2.05, 4.69) is 13.8 Å². The van der Waals surface area contributed by atoms with Crippen LogP contribution in [0.5, 0.6) is 0 Å². The molecular weight excluding hydrogens is 136 g/mol. The average molecular weight is 156 g/mol. The van der Waals surface area contributed by atoms with Gasteiger partial charge in [0.05, 0.1) is 0 Å². The Morgan fingerprint density at radius 2 is 1.55 bits per heavy atom. The Labute approximate surface area is 69.3 Å². The smallest absolute Gasteiger partial charge is 0.00844 e. The second-order valence-corrected chi connectivity index (χ2v) is 4.08. The second kappa shape index (κ2) is 3.55. The lowest BCUT2D eigenvalue weighted by atomic mass is 9.75. The van der Waals surface area contributed by atoms with Crippen LogP contribution in [0.1, 0.15) is 33.1 Å². The zero-order valence-electron chi connectivity index (χ0n) is 7.59. The highest BCUT2D eigenvalue weighted by Crippen LogP contribution is 2.27. The molecule has 0 spiro atoms. The molecule has 0 bridgehead atoms. The SMILES string of the molecule is CC(C)C1C(N)CCCC1N. The van der Waals surface area contributed by atoms with Gasteiger partial charge in [-0.3, -0.25) is 0 Å². The molecule has 2 atom stereocenters. The summed E-state index contributed by atoms with van der Waals surface area (Å²) in [6.07, 6.45) is 3.54. The van der Waals surface area contributed by atoms with Gasteiger partial charge >= 0.3 is 0 Å². The van der Waals surface area contributed by atoms with E-state index in [4.69, 9.17) is 11.5 Å². The van der Waals surface area contributed by atoms with Crippen molar-refractivity contribution in [3.63, 3.8) is 0 Å². The zero-order chi connectivity index (χ0) is 8.43. The maximum Gasteiger partial charge on any atom is 0.00844 e. The van der Waals surface area contributed by atoms with Gasteiger partial charge in [0.15, 0.2) is 0 Å². The summed E-state index contributed by atoms with van der Waals surface area (Å²) in [6.45, 7) is 4.44. The van der Waals surface area contributed by atoms with Crippen molar-refractivity contribution in [2.45, 2.75) is 45.2 Å². The fraction of sp³-hybridized carbons (Fsp3) is 1.00. The number of nitrogens with two attached hydrogens (primary N) is 2. The van der Waals surface area contributed by atoms with E-state index < -0.39 is 0 Å². The molecule has 2 nitrogen and oxygen atoms in total. The van der Waals surface area contributed by atoms with Gasteiger partial charge in [0.2, 0.25) is 0 Å². The predicted octanol–water partition coefficient (Wildman–Crippen LogP) is 1.10. The van der Waals surface area contributed by atoms with Crippen molar-refractivity contribution in [3.8, 4) is 0 Å². The van der Waals surface area contributed by atoms with E-state index in [1.54, 1.807) is 0 Å². The molecule has 0 aromatic carbocycles. The van der Waals surface area contributed by atoms with Gasteiger partial charge in [0, 0.05) is 12.1 Å². The topological polar surface area (TPSA) is 52.0 Å². The molecule has 2 unspecified atom stereocenters. The van der Waals surface area contributed by atoms with Crippen LogP contribution in [0.2, 0.25) is 0 Å². The lowest BCUT2D eigenvalue weighted by molar-refractivity contribution is 0.206. The average Bonchev–Trinajstić information content (AvgIpc) is 1.85. The highest BCUT2D eigenvalue weighted by Gasteiger charge is 2.30. The third kappa shape index (κ3) is 1.94. The van der Waals surface area contributed by atoms with Crippen molar-refractivity contribution in [1.29, 1.82) is 0 Å². The van der Waals surface area contributed by atoms with Crippen LogP contribution in [0, 0.1) is 11.8 Å². The van der Waals surface area contributed by atoms with Gasteiger partial charge in [-0.1, -0.05) is 20.3 Å². The molecule has 0 heterocycles. The summed E-state index contributed by atoms with van der Waals surface area (Å²) in [7, 11) is 0. The van der Waals surface area contributed by atoms with Crippen molar-refractivity contribution < 1.29 is 0 Å². The molecule has 0 aromatic heterocycles. The summed E-state index contributed by atoms with van der Waals surface area (Å²) in [5.41, 5.74) is 12.0. The Kier molecular flexibility index (Phi) is 2.90. The van der Waals surface area contributed by atoms with Gasteiger partial charge < -0.3 is 11.5 Å². The molecule has 1 rings (SSSR count). The van der Waals surface area contributed by atoms with E-state index >= 15 is 0 Å². The number of hydrogen-bond donors (Lipinski definition) is 2. The van der Waals surface area contributed by atoms with Crippen molar-refractivity contribution in [2.24, 2.45) is 23.3 Å². The highest BCUT2D eigenvalue weighted by molar-refractivity contribution is 4.88. The minimum Gasteiger partial charge on any atom is -0.327 e. The van der Waals surface area contributed by atoms with E-state index in [1.807, 2.05) is 0 Å². The van der Waals surface area contributed by atoms with Gasteiger partial charge in [0.1, 0.15) is 0 Å². The van der Waals surface area contributed by atoms with Gasteiger partial charge in [-0.2, -0.15) is 0 Å². The van der Waals surface area contributed by atoms with Crippen LogP contribution in [0.25, 0.3) is 0 Å². The lowest BCUT2D eigenvalue weighted by Gasteiger charge is -2.36. The number of hydrogen-bond acceptors (Lipinski definition) is 2. The van der Waals surface area contributed by atoms with Crippen molar-refractivity contribution in [3.05, 3.63) is 0 Å². The van der Waals surface area contributed by atoms with Crippen molar-refractivity contribution in [1.82, 2.24) is 0 Å². The maximum absolute atomic E-state index is 5.99. The van der Waals surface area contributed by atoms with E-state index in [0.29, 0.717) is 23.9 Å². The first-order valence-electron chi connectivity index (χ1n) is 4.64. The second-order valence-electron chi connectivity index (χ2n) is 4.08. The molecule has 0 saturated heterocycles. The summed E-state index contributed by atoms with van der Waals surface area (Å²) in [5, 5.41) is 0. The van der Waals surface area contributed by atoms with Crippen molar-refractivity contribution in [2.75, 3.05) is 0 Å². The molecule has 0 aromatic rings. The van der Waals surface area contributed by atoms with Gasteiger partial charge in [0.25, 0.3) is 0 Å². The highest BCUT2D eigenvalue weighted by atomic mass is 14.8. The van der Waals surface area contributed by atoms with Crippen molar-refractivity contribution >= 4 is 0 Å². The summed E-state index contributed by atoms with van der Waals surface area (Å²) in [4.78, 5) is 0. The Balaban J connectivity index is 2.55. The van der Waals surface area contributed by atoms with Gasteiger partial charge in [-0.25, -0.2) is 0 Å². The van der Waals surface area contributed by atoms with Crippen LogP contribution in [-0.4, -0.2) is 12.1 Å². The molecule has 1 saturated carbocycles. The molecule has 66 valence electrons. The molecule has 1 aliphatic rings. The normalized spacial score (nSPS) is 39.5. The summed E-state index contributed by atoms with van der Waals surface area (Å²) in [5.74, 6) is 1.18. The van der Waals surface area contributed by atoms with Crippen LogP contribution in [-0.2, 0) is 0 Å². The molecule has 0 amide bonds. The van der Waals surface area contributed by atoms with Crippen LogP contribution >= 0.6 is 0 Å². The summed E-state index contributed by atoms with van der Waals surface area (Å²) in [6, 6.07) is 0.692. The fourth-order valence-electron chi connectivity index (χ4n) is 2.28. The Morgan fingerprint density at radius 1 is 1.09 bits per heavy atom. The van der Waals surface area contributed by atoms with Crippen LogP contribution in [0.15, 0.2) is 0 Å². The molecule has 4 N–H and O–H groups in total. The lowest BCUT2D eigenvalue weighted by Crippen LogP contribution is -2.48. The van der Waals surface area contributed by atoms with Gasteiger partial charge in [-0.15, -0.1) is 0 Å². The molecule has 1 fully saturated rings. The first kappa shape index (κ1) is 9.01. The quantitative estimate of drug-likeness (QED) is 0.597. The summed E-state index contributed by atoms with van der Waals surface area (Å²) < 4.78 is 0. The minimum atomic E-state index is 0.346. The molecule has 11 heavy (non-hydrogen) atoms. The first-order valence-corrected chi connectivity index (χ1v) is 4.64. The van der Waals surface area contributed by atoms with E-state index in [0.717, 1.165) is 12.8 Å². The van der Waals surface area contributed by atoms with E-state index in [1.165, 1.54) is 6.42 Å². The van der Waals surface area contributed by atoms with Gasteiger partial charge in [-0.05, 0) is 24.7 Å². The standard InChI is InChI=1S/C9H20N2/c1-6(2)9-7(10)4-3-5-8(9)11/h6-9H,3-5,10-11H2,1-2H3. The minimum absolute atomic E-state index is 0.346. The Morgan fingerprint density at radius 3 is 1.82 bits per heavy atom. The summed E-state index contributed by atoms with van der Waals surface area (Å²) >= 11 is 0. The maximum atomic E-state index is 5.99. The number of rotatable bonds is 1. The molecule has 0 aliphatic heterocycles. The Hall–Kier alpha value is -0.0800. The largest absolute Gasteiger partial charge is 0.327 e. The van der Waals surface area contributed by atoms with E-state index in [-0.39, 0.29) is 0 Å². The molecule has 0 radical (unpaired) electrons. The van der Waals surface area contributed by atoms with Crippen LogP contribution in [0.3, 0.4) is 0 Å². The Bertz CT molecular complexity index is 113. The molecule has 1 aliphatic carbocycles. The zero-order valence-corrected chi connectivity index (χ0v) is 7.59.